The van der Waals surface area contributed by atoms with Gasteiger partial charge in [0.25, 0.3) is 0 Å². The van der Waals surface area contributed by atoms with Crippen molar-refractivity contribution in [2.75, 3.05) is 6.54 Å². The fourth-order valence-corrected chi connectivity index (χ4v) is 1.36. The summed E-state index contributed by atoms with van der Waals surface area (Å²) in [7, 11) is 0. The lowest BCUT2D eigenvalue weighted by Crippen LogP contribution is -2.20. The van der Waals surface area contributed by atoms with E-state index < -0.39 is 0 Å². The zero-order chi connectivity index (χ0) is 9.14. The van der Waals surface area contributed by atoms with E-state index in [9.17, 15) is 0 Å². The van der Waals surface area contributed by atoms with Crippen LogP contribution in [0.5, 0.6) is 0 Å². The van der Waals surface area contributed by atoms with Gasteiger partial charge in [0, 0.05) is 22.6 Å². The van der Waals surface area contributed by atoms with Crippen LogP contribution in [0, 0.1) is 0 Å². The van der Waals surface area contributed by atoms with Gasteiger partial charge < -0.3 is 11.5 Å². The quantitative estimate of drug-likeness (QED) is 0.775. The molecule has 0 aliphatic carbocycles. The molecule has 1 aromatic rings. The molecular weight excluding hydrogens is 195 g/mol. The van der Waals surface area contributed by atoms with Gasteiger partial charge in [-0.2, -0.15) is 0 Å². The van der Waals surface area contributed by atoms with E-state index in [1.807, 2.05) is 0 Å². The summed E-state index contributed by atoms with van der Waals surface area (Å²) < 4.78 is 0. The van der Waals surface area contributed by atoms with Crippen LogP contribution in [0.4, 0.5) is 0 Å². The summed E-state index contributed by atoms with van der Waals surface area (Å²) in [5.74, 6) is 0. The standard InChI is InChI=1S/C8H10Cl2N2/c9-5-1-2-7(10)6(3-5)8(12)4-11/h1-3,8H,4,11-12H2/t8-/m1/s1. The molecule has 0 fully saturated rings. The summed E-state index contributed by atoms with van der Waals surface area (Å²) in [6, 6.07) is 4.93. The van der Waals surface area contributed by atoms with Crippen LogP contribution in [0.15, 0.2) is 18.2 Å². The first-order valence-electron chi connectivity index (χ1n) is 3.55. The van der Waals surface area contributed by atoms with Crippen molar-refractivity contribution in [1.29, 1.82) is 0 Å². The molecule has 0 aliphatic rings. The molecule has 2 nitrogen and oxygen atoms in total. The maximum atomic E-state index is 5.88. The second kappa shape index (κ2) is 4.10. The van der Waals surface area contributed by atoms with Crippen LogP contribution in [0.1, 0.15) is 11.6 Å². The second-order valence-electron chi connectivity index (χ2n) is 2.51. The Labute approximate surface area is 81.4 Å². The molecule has 1 aromatic carbocycles. The molecule has 0 heterocycles. The summed E-state index contributed by atoms with van der Waals surface area (Å²) in [4.78, 5) is 0. The first-order valence-corrected chi connectivity index (χ1v) is 4.31. The summed E-state index contributed by atoms with van der Waals surface area (Å²) in [5, 5.41) is 1.23. The minimum atomic E-state index is -0.240. The van der Waals surface area contributed by atoms with Gasteiger partial charge in [-0.25, -0.2) is 0 Å². The molecule has 0 aliphatic heterocycles. The van der Waals surface area contributed by atoms with Crippen LogP contribution in [0.25, 0.3) is 0 Å². The van der Waals surface area contributed by atoms with Gasteiger partial charge in [-0.15, -0.1) is 0 Å². The lowest BCUT2D eigenvalue weighted by atomic mass is 10.1. The Bertz CT molecular complexity index is 276. The molecule has 0 spiro atoms. The van der Waals surface area contributed by atoms with Crippen molar-refractivity contribution in [1.82, 2.24) is 0 Å². The summed E-state index contributed by atoms with van der Waals surface area (Å²) in [6.07, 6.45) is 0. The topological polar surface area (TPSA) is 52.0 Å². The Balaban J connectivity index is 3.04. The average molecular weight is 205 g/mol. The Morgan fingerprint density at radius 2 is 2.00 bits per heavy atom. The molecular formula is C8H10Cl2N2. The number of hydrogen-bond donors (Lipinski definition) is 2. The molecule has 0 radical (unpaired) electrons. The highest BCUT2D eigenvalue weighted by atomic mass is 35.5. The van der Waals surface area contributed by atoms with Crippen molar-refractivity contribution in [3.8, 4) is 0 Å². The number of halogens is 2. The van der Waals surface area contributed by atoms with E-state index in [-0.39, 0.29) is 6.04 Å². The predicted octanol–water partition coefficient (Wildman–Crippen LogP) is 1.95. The van der Waals surface area contributed by atoms with Crippen LogP contribution in [0.2, 0.25) is 10.0 Å². The third-order valence-corrected chi connectivity index (χ3v) is 2.19. The molecule has 0 saturated carbocycles. The van der Waals surface area contributed by atoms with Crippen LogP contribution in [-0.2, 0) is 0 Å². The first kappa shape index (κ1) is 9.81. The van der Waals surface area contributed by atoms with Crippen molar-refractivity contribution in [2.45, 2.75) is 6.04 Å². The van der Waals surface area contributed by atoms with Crippen molar-refractivity contribution < 1.29 is 0 Å². The SMILES string of the molecule is NC[C@@H](N)c1cc(Cl)ccc1Cl. The third kappa shape index (κ3) is 2.11. The van der Waals surface area contributed by atoms with E-state index in [0.29, 0.717) is 16.6 Å². The monoisotopic (exact) mass is 204 g/mol. The fraction of sp³-hybridized carbons (Fsp3) is 0.250. The summed E-state index contributed by atoms with van der Waals surface area (Å²) in [6.45, 7) is 0.361. The summed E-state index contributed by atoms with van der Waals surface area (Å²) in [5.41, 5.74) is 11.9. The predicted molar refractivity (Wildman–Crippen MR) is 52.4 cm³/mol. The molecule has 1 atom stereocenters. The van der Waals surface area contributed by atoms with Gasteiger partial charge in [-0.05, 0) is 23.8 Å². The smallest absolute Gasteiger partial charge is 0.0455 e. The van der Waals surface area contributed by atoms with Crippen molar-refractivity contribution in [2.24, 2.45) is 11.5 Å². The number of nitrogens with two attached hydrogens (primary N) is 2. The van der Waals surface area contributed by atoms with Gasteiger partial charge in [0.1, 0.15) is 0 Å². The van der Waals surface area contributed by atoms with Gasteiger partial charge in [0.2, 0.25) is 0 Å². The highest BCUT2D eigenvalue weighted by Crippen LogP contribution is 2.24. The molecule has 66 valence electrons. The number of hydrogen-bond acceptors (Lipinski definition) is 2. The molecule has 0 bridgehead atoms. The van der Waals surface area contributed by atoms with Gasteiger partial charge in [-0.1, -0.05) is 23.2 Å². The van der Waals surface area contributed by atoms with Crippen LogP contribution < -0.4 is 11.5 Å². The summed E-state index contributed by atoms with van der Waals surface area (Å²) >= 11 is 11.6. The van der Waals surface area contributed by atoms with E-state index >= 15 is 0 Å². The molecule has 0 aromatic heterocycles. The third-order valence-electron chi connectivity index (χ3n) is 1.61. The molecule has 0 amide bonds. The Hall–Kier alpha value is -0.280. The molecule has 1 rings (SSSR count). The maximum Gasteiger partial charge on any atom is 0.0455 e. The van der Waals surface area contributed by atoms with Crippen LogP contribution in [0.3, 0.4) is 0 Å². The Morgan fingerprint density at radius 3 is 2.58 bits per heavy atom. The molecule has 4 N–H and O–H groups in total. The zero-order valence-corrected chi connectivity index (χ0v) is 7.94. The van der Waals surface area contributed by atoms with Gasteiger partial charge >= 0.3 is 0 Å². The molecule has 0 unspecified atom stereocenters. The van der Waals surface area contributed by atoms with Crippen LogP contribution in [-0.4, -0.2) is 6.54 Å². The fourth-order valence-electron chi connectivity index (χ4n) is 0.926. The lowest BCUT2D eigenvalue weighted by molar-refractivity contribution is 0.737. The average Bonchev–Trinajstić information content (AvgIpc) is 2.08. The van der Waals surface area contributed by atoms with E-state index in [4.69, 9.17) is 34.7 Å². The molecule has 12 heavy (non-hydrogen) atoms. The number of rotatable bonds is 2. The lowest BCUT2D eigenvalue weighted by Gasteiger charge is -2.10. The van der Waals surface area contributed by atoms with E-state index in [1.165, 1.54) is 0 Å². The number of benzene rings is 1. The molecule has 4 heteroatoms. The van der Waals surface area contributed by atoms with E-state index in [1.54, 1.807) is 18.2 Å². The highest BCUT2D eigenvalue weighted by molar-refractivity contribution is 6.33. The maximum absolute atomic E-state index is 5.88. The Kier molecular flexibility index (Phi) is 3.35. The van der Waals surface area contributed by atoms with Gasteiger partial charge in [-0.3, -0.25) is 0 Å². The normalized spacial score (nSPS) is 13.0. The van der Waals surface area contributed by atoms with Gasteiger partial charge in [0.15, 0.2) is 0 Å². The van der Waals surface area contributed by atoms with Crippen molar-refractivity contribution in [3.63, 3.8) is 0 Å². The zero-order valence-electron chi connectivity index (χ0n) is 6.43. The second-order valence-corrected chi connectivity index (χ2v) is 3.35. The van der Waals surface area contributed by atoms with E-state index in [2.05, 4.69) is 0 Å². The molecule has 0 saturated heterocycles. The largest absolute Gasteiger partial charge is 0.329 e. The van der Waals surface area contributed by atoms with Crippen molar-refractivity contribution >= 4 is 23.2 Å². The minimum absolute atomic E-state index is 0.240. The van der Waals surface area contributed by atoms with E-state index in [0.717, 1.165) is 5.56 Å². The highest BCUT2D eigenvalue weighted by Gasteiger charge is 2.08. The Morgan fingerprint density at radius 1 is 1.33 bits per heavy atom. The van der Waals surface area contributed by atoms with Crippen molar-refractivity contribution in [3.05, 3.63) is 33.8 Å². The van der Waals surface area contributed by atoms with Gasteiger partial charge in [0.05, 0.1) is 0 Å². The van der Waals surface area contributed by atoms with Crippen LogP contribution >= 0.6 is 23.2 Å². The minimum Gasteiger partial charge on any atom is -0.329 e. The first-order chi connectivity index (χ1) is 5.65.